The first-order valence-electron chi connectivity index (χ1n) is 11.1. The van der Waals surface area contributed by atoms with Gasteiger partial charge in [0.25, 0.3) is 5.91 Å². The molecule has 1 N–H and O–H groups in total. The Hall–Kier alpha value is -3.11. The van der Waals surface area contributed by atoms with Crippen LogP contribution in [0.1, 0.15) is 19.3 Å². The fourth-order valence-electron chi connectivity index (χ4n) is 4.20. The number of benzene rings is 2. The average Bonchev–Trinajstić information content (AvgIpc) is 3.26. The first-order chi connectivity index (χ1) is 16.5. The van der Waals surface area contributed by atoms with Gasteiger partial charge in [-0.25, -0.2) is 4.98 Å². The third kappa shape index (κ3) is 4.47. The first-order valence-corrected chi connectivity index (χ1v) is 12.8. The fraction of sp³-hybridized carbons (Fsp3) is 0.333. The van der Waals surface area contributed by atoms with E-state index in [4.69, 9.17) is 4.74 Å². The van der Waals surface area contributed by atoms with Crippen LogP contribution in [0, 0.1) is 0 Å². The number of rotatable bonds is 5. The Bertz CT molecular complexity index is 1250. The van der Waals surface area contributed by atoms with Crippen LogP contribution in [0.4, 0.5) is 10.8 Å². The highest BCUT2D eigenvalue weighted by Gasteiger charge is 2.41. The summed E-state index contributed by atoms with van der Waals surface area (Å²) in [6.07, 6.45) is 3.01. The van der Waals surface area contributed by atoms with Gasteiger partial charge in [0, 0.05) is 18.0 Å². The summed E-state index contributed by atoms with van der Waals surface area (Å²) in [5, 5.41) is 2.37. The summed E-state index contributed by atoms with van der Waals surface area (Å²) in [7, 11) is 1.60. The Morgan fingerprint density at radius 2 is 1.94 bits per heavy atom. The van der Waals surface area contributed by atoms with Crippen LogP contribution >= 0.6 is 23.1 Å². The van der Waals surface area contributed by atoms with Gasteiger partial charge in [0.15, 0.2) is 10.4 Å². The number of nitrogens with zero attached hydrogens (tertiary/aromatic N) is 3. The minimum atomic E-state index is -0.879. The molecular weight excluding hydrogens is 472 g/mol. The van der Waals surface area contributed by atoms with Gasteiger partial charge in [-0.05, 0) is 49.6 Å². The van der Waals surface area contributed by atoms with E-state index in [2.05, 4.69) is 10.3 Å². The number of methoxy groups -OCH3 is 1. The van der Waals surface area contributed by atoms with Gasteiger partial charge in [0.1, 0.15) is 12.3 Å². The number of fused-ring (bicyclic) bond motifs is 2. The predicted molar refractivity (Wildman–Crippen MR) is 134 cm³/mol. The van der Waals surface area contributed by atoms with Crippen LogP contribution in [0.5, 0.6) is 5.75 Å². The molecule has 1 atom stereocenters. The number of para-hydroxylation sites is 1. The average molecular weight is 497 g/mol. The number of hydrogen-bond donors (Lipinski definition) is 1. The van der Waals surface area contributed by atoms with E-state index in [0.717, 1.165) is 34.4 Å². The largest absolute Gasteiger partial charge is 0.497 e. The molecule has 10 heteroatoms. The van der Waals surface area contributed by atoms with E-state index in [9.17, 15) is 14.4 Å². The standard InChI is InChI=1S/C24H24N4O4S2/c1-32-15-9-10-16-19(13-15)34-24(25-16)26-20(29)14-28-17-7-3-4-8-18(17)33-21(23(28)31)22(30)27-11-5-2-6-12-27/h3-4,7-10,13,21H,2,5-6,11-12,14H2,1H3,(H,25,26,29). The lowest BCUT2D eigenvalue weighted by Gasteiger charge is -2.36. The van der Waals surface area contributed by atoms with Gasteiger partial charge in [-0.3, -0.25) is 14.4 Å². The highest BCUT2D eigenvalue weighted by atomic mass is 32.2. The monoisotopic (exact) mass is 496 g/mol. The van der Waals surface area contributed by atoms with Gasteiger partial charge >= 0.3 is 0 Å². The van der Waals surface area contributed by atoms with Gasteiger partial charge in [0.2, 0.25) is 11.8 Å². The van der Waals surface area contributed by atoms with E-state index in [1.807, 2.05) is 36.4 Å². The highest BCUT2D eigenvalue weighted by Crippen LogP contribution is 2.40. The van der Waals surface area contributed by atoms with Crippen molar-refractivity contribution in [1.29, 1.82) is 0 Å². The van der Waals surface area contributed by atoms with Crippen LogP contribution in [-0.2, 0) is 14.4 Å². The highest BCUT2D eigenvalue weighted by molar-refractivity contribution is 8.01. The maximum absolute atomic E-state index is 13.4. The lowest BCUT2D eigenvalue weighted by molar-refractivity contribution is -0.135. The molecule has 1 fully saturated rings. The molecule has 0 spiro atoms. The molecule has 176 valence electrons. The summed E-state index contributed by atoms with van der Waals surface area (Å²) < 4.78 is 6.13. The minimum absolute atomic E-state index is 0.172. The molecule has 3 heterocycles. The van der Waals surface area contributed by atoms with Crippen molar-refractivity contribution < 1.29 is 19.1 Å². The van der Waals surface area contributed by atoms with Crippen LogP contribution in [0.3, 0.4) is 0 Å². The van der Waals surface area contributed by atoms with Gasteiger partial charge in [-0.15, -0.1) is 11.8 Å². The number of anilines is 2. The number of carbonyl (C=O) groups excluding carboxylic acids is 3. The lowest BCUT2D eigenvalue weighted by Crippen LogP contribution is -2.52. The van der Waals surface area contributed by atoms with Gasteiger partial charge in [0.05, 0.1) is 23.0 Å². The topological polar surface area (TPSA) is 91.8 Å². The Balaban J connectivity index is 1.35. The van der Waals surface area contributed by atoms with Crippen LogP contribution < -0.4 is 15.0 Å². The van der Waals surface area contributed by atoms with Crippen molar-refractivity contribution in [2.75, 3.05) is 37.0 Å². The van der Waals surface area contributed by atoms with E-state index in [0.29, 0.717) is 29.7 Å². The number of aromatic nitrogens is 1. The number of hydrogen-bond acceptors (Lipinski definition) is 7. The normalized spacial score (nSPS) is 18.0. The van der Waals surface area contributed by atoms with Crippen molar-refractivity contribution in [2.45, 2.75) is 29.4 Å². The second-order valence-corrected chi connectivity index (χ2v) is 10.4. The molecule has 0 aliphatic carbocycles. The van der Waals surface area contributed by atoms with E-state index < -0.39 is 5.25 Å². The number of thiazole rings is 1. The van der Waals surface area contributed by atoms with Gasteiger partial charge < -0.3 is 19.9 Å². The summed E-state index contributed by atoms with van der Waals surface area (Å²) in [6.45, 7) is 1.15. The summed E-state index contributed by atoms with van der Waals surface area (Å²) in [5.41, 5.74) is 1.40. The van der Waals surface area contributed by atoms with Crippen LogP contribution in [0.15, 0.2) is 47.4 Å². The first kappa shape index (κ1) is 22.7. The zero-order valence-corrected chi connectivity index (χ0v) is 20.3. The van der Waals surface area contributed by atoms with E-state index in [1.54, 1.807) is 18.1 Å². The Labute approximate surface area is 205 Å². The van der Waals surface area contributed by atoms with Gasteiger partial charge in [-0.1, -0.05) is 23.5 Å². The van der Waals surface area contributed by atoms with E-state index >= 15 is 0 Å². The predicted octanol–water partition coefficient (Wildman–Crippen LogP) is 3.76. The molecular formula is C24H24N4O4S2. The summed E-state index contributed by atoms with van der Waals surface area (Å²) >= 11 is 2.61. The molecule has 5 rings (SSSR count). The molecule has 3 aromatic rings. The summed E-state index contributed by atoms with van der Waals surface area (Å²) in [5.74, 6) is -0.185. The zero-order valence-electron chi connectivity index (χ0n) is 18.7. The number of likely N-dealkylation sites (tertiary alicyclic amines) is 1. The Morgan fingerprint density at radius 3 is 2.74 bits per heavy atom. The number of thioether (sulfide) groups is 1. The molecule has 3 amide bonds. The molecule has 1 aromatic heterocycles. The van der Waals surface area contributed by atoms with Crippen LogP contribution in [0.25, 0.3) is 10.2 Å². The van der Waals surface area contributed by atoms with E-state index in [1.165, 1.54) is 28.0 Å². The maximum Gasteiger partial charge on any atom is 0.250 e. The van der Waals surface area contributed by atoms with Crippen molar-refractivity contribution in [3.05, 3.63) is 42.5 Å². The molecule has 2 aliphatic rings. The third-order valence-corrected chi connectivity index (χ3v) is 8.10. The maximum atomic E-state index is 13.4. The van der Waals surface area contributed by atoms with Crippen LogP contribution in [0.2, 0.25) is 0 Å². The van der Waals surface area contributed by atoms with Crippen molar-refractivity contribution in [1.82, 2.24) is 9.88 Å². The summed E-state index contributed by atoms with van der Waals surface area (Å²) in [6, 6.07) is 12.9. The number of ether oxygens (including phenoxy) is 1. The molecule has 1 saturated heterocycles. The van der Waals surface area contributed by atoms with Gasteiger partial charge in [-0.2, -0.15) is 0 Å². The lowest BCUT2D eigenvalue weighted by atomic mass is 10.1. The molecule has 0 radical (unpaired) electrons. The number of amides is 3. The van der Waals surface area contributed by atoms with Crippen molar-refractivity contribution in [3.63, 3.8) is 0 Å². The zero-order chi connectivity index (χ0) is 23.7. The molecule has 2 aliphatic heterocycles. The quantitative estimate of drug-likeness (QED) is 0.541. The van der Waals surface area contributed by atoms with Crippen LogP contribution in [-0.4, -0.2) is 59.6 Å². The third-order valence-electron chi connectivity index (χ3n) is 5.93. The molecule has 0 bridgehead atoms. The molecule has 1 unspecified atom stereocenters. The Morgan fingerprint density at radius 1 is 1.15 bits per heavy atom. The Kier molecular flexibility index (Phi) is 6.42. The van der Waals surface area contributed by atoms with Crippen molar-refractivity contribution in [2.24, 2.45) is 0 Å². The molecule has 34 heavy (non-hydrogen) atoms. The number of nitrogens with one attached hydrogen (secondary N) is 1. The second-order valence-electron chi connectivity index (χ2n) is 8.18. The SMILES string of the molecule is COc1ccc2nc(NC(=O)CN3C(=O)C(C(=O)N4CCCCC4)Sc4ccccc43)sc2c1. The fourth-order valence-corrected chi connectivity index (χ4v) is 6.30. The second kappa shape index (κ2) is 9.63. The minimum Gasteiger partial charge on any atom is -0.497 e. The van der Waals surface area contributed by atoms with Crippen molar-refractivity contribution >= 4 is 61.9 Å². The van der Waals surface area contributed by atoms with Crippen molar-refractivity contribution in [3.8, 4) is 5.75 Å². The molecule has 2 aromatic carbocycles. The summed E-state index contributed by atoms with van der Waals surface area (Å²) in [4.78, 5) is 48.0. The van der Waals surface area contributed by atoms with E-state index in [-0.39, 0.29) is 24.3 Å². The molecule has 0 saturated carbocycles. The number of carbonyl (C=O) groups is 3. The molecule has 8 nitrogen and oxygen atoms in total. The number of piperidine rings is 1. The smallest absolute Gasteiger partial charge is 0.250 e.